The van der Waals surface area contributed by atoms with Crippen molar-refractivity contribution >= 4 is 17.7 Å². The second kappa shape index (κ2) is 8.87. The molecule has 3 aromatic rings. The second-order valence-electron chi connectivity index (χ2n) is 7.40. The number of benzene rings is 2. The first kappa shape index (κ1) is 19.8. The fourth-order valence-electron chi connectivity index (χ4n) is 3.57. The topological polar surface area (TPSA) is 26.5 Å². The lowest BCUT2D eigenvalue weighted by atomic mass is 10.1. The van der Waals surface area contributed by atoms with Crippen LogP contribution in [0.5, 0.6) is 0 Å². The molecule has 0 N–H and O–H groups in total. The summed E-state index contributed by atoms with van der Waals surface area (Å²) in [6.07, 6.45) is 1.94. The van der Waals surface area contributed by atoms with Crippen molar-refractivity contribution in [1.29, 1.82) is 0 Å². The Morgan fingerprint density at radius 2 is 1.86 bits per heavy atom. The van der Waals surface area contributed by atoms with Crippen LogP contribution in [-0.4, -0.2) is 28.9 Å². The van der Waals surface area contributed by atoms with Crippen LogP contribution in [0.25, 0.3) is 0 Å². The molecule has 1 aromatic heterocycles. The predicted molar refractivity (Wildman–Crippen MR) is 118 cm³/mol. The number of aliphatic imine (C=N–C) groups is 1. The van der Waals surface area contributed by atoms with Gasteiger partial charge in [-0.3, -0.25) is 0 Å². The quantitative estimate of drug-likeness (QED) is 0.525. The first-order chi connectivity index (χ1) is 14.1. The Bertz CT molecular complexity index is 1010. The van der Waals surface area contributed by atoms with Gasteiger partial charge < -0.3 is 9.30 Å². The standard InChI is InChI=1S/C24H25FN2OS/c1-17-7-5-8-18(2)21(17)16-29-15-20-14-28-24(26-20)23-11-6-12-27(23)13-19-9-3-4-10-22(19)25/h3-12,20H,13-16H2,1-2H3/t20-/m0/s1. The molecule has 0 fully saturated rings. The average molecular weight is 409 g/mol. The normalized spacial score (nSPS) is 16.0. The molecule has 4 rings (SSSR count). The van der Waals surface area contributed by atoms with Gasteiger partial charge in [-0.1, -0.05) is 36.4 Å². The lowest BCUT2D eigenvalue weighted by molar-refractivity contribution is 0.323. The summed E-state index contributed by atoms with van der Waals surface area (Å²) in [6, 6.07) is 17.4. The monoisotopic (exact) mass is 408 g/mol. The van der Waals surface area contributed by atoms with E-state index in [4.69, 9.17) is 9.73 Å². The summed E-state index contributed by atoms with van der Waals surface area (Å²) in [4.78, 5) is 4.79. The van der Waals surface area contributed by atoms with E-state index in [0.717, 1.165) is 17.2 Å². The highest BCUT2D eigenvalue weighted by Gasteiger charge is 2.22. The third kappa shape index (κ3) is 4.56. The van der Waals surface area contributed by atoms with Gasteiger partial charge in [-0.2, -0.15) is 11.8 Å². The Hall–Kier alpha value is -2.53. The highest BCUT2D eigenvalue weighted by molar-refractivity contribution is 7.98. The number of nitrogens with zero attached hydrogens (tertiary/aromatic N) is 2. The number of hydrogen-bond acceptors (Lipinski definition) is 3. The number of aromatic nitrogens is 1. The third-order valence-electron chi connectivity index (χ3n) is 5.26. The Balaban J connectivity index is 1.39. The van der Waals surface area contributed by atoms with Gasteiger partial charge in [-0.05, 0) is 48.7 Å². The summed E-state index contributed by atoms with van der Waals surface area (Å²) in [5.41, 5.74) is 5.66. The summed E-state index contributed by atoms with van der Waals surface area (Å²) in [6.45, 7) is 5.40. The van der Waals surface area contributed by atoms with E-state index in [1.165, 1.54) is 22.8 Å². The Kier molecular flexibility index (Phi) is 6.05. The molecule has 2 heterocycles. The van der Waals surface area contributed by atoms with Crippen LogP contribution in [0.15, 0.2) is 65.8 Å². The van der Waals surface area contributed by atoms with Gasteiger partial charge in [-0.15, -0.1) is 0 Å². The van der Waals surface area contributed by atoms with Gasteiger partial charge in [0.15, 0.2) is 0 Å². The van der Waals surface area contributed by atoms with Crippen molar-refractivity contribution in [2.75, 3.05) is 12.4 Å². The zero-order valence-electron chi connectivity index (χ0n) is 16.8. The first-order valence-corrected chi connectivity index (χ1v) is 11.0. The molecule has 2 aromatic carbocycles. The van der Waals surface area contributed by atoms with E-state index >= 15 is 0 Å². The molecule has 0 saturated carbocycles. The van der Waals surface area contributed by atoms with E-state index in [1.807, 2.05) is 46.8 Å². The number of hydrogen-bond donors (Lipinski definition) is 0. The van der Waals surface area contributed by atoms with Crippen LogP contribution in [0.3, 0.4) is 0 Å². The van der Waals surface area contributed by atoms with Crippen LogP contribution < -0.4 is 0 Å². The molecule has 3 nitrogen and oxygen atoms in total. The second-order valence-corrected chi connectivity index (χ2v) is 8.43. The summed E-state index contributed by atoms with van der Waals surface area (Å²) >= 11 is 1.90. The van der Waals surface area contributed by atoms with E-state index in [0.29, 0.717) is 24.6 Å². The molecule has 0 spiro atoms. The van der Waals surface area contributed by atoms with Crippen LogP contribution in [0.4, 0.5) is 4.39 Å². The maximum Gasteiger partial charge on any atom is 0.233 e. The minimum absolute atomic E-state index is 0.149. The lowest BCUT2D eigenvalue weighted by Crippen LogP contribution is -2.11. The smallest absolute Gasteiger partial charge is 0.233 e. The molecule has 0 bridgehead atoms. The first-order valence-electron chi connectivity index (χ1n) is 9.84. The zero-order chi connectivity index (χ0) is 20.2. The van der Waals surface area contributed by atoms with Crippen molar-refractivity contribution in [3.8, 4) is 0 Å². The highest BCUT2D eigenvalue weighted by atomic mass is 32.2. The number of rotatable bonds is 7. The number of aryl methyl sites for hydroxylation is 2. The van der Waals surface area contributed by atoms with E-state index in [1.54, 1.807) is 6.07 Å². The zero-order valence-corrected chi connectivity index (χ0v) is 17.6. The fourth-order valence-corrected chi connectivity index (χ4v) is 4.79. The average Bonchev–Trinajstić information content (AvgIpc) is 3.35. The SMILES string of the molecule is Cc1cccc(C)c1CSC[C@@H]1COC(c2cccn2Cc2ccccc2F)=N1. The number of thioether (sulfide) groups is 1. The Labute approximate surface area is 175 Å². The number of ether oxygens (including phenoxy) is 1. The maximum absolute atomic E-state index is 14.0. The van der Waals surface area contributed by atoms with Crippen molar-refractivity contribution in [3.05, 3.63) is 94.6 Å². The van der Waals surface area contributed by atoms with Crippen molar-refractivity contribution < 1.29 is 9.13 Å². The van der Waals surface area contributed by atoms with Crippen molar-refractivity contribution in [3.63, 3.8) is 0 Å². The van der Waals surface area contributed by atoms with Gasteiger partial charge >= 0.3 is 0 Å². The van der Waals surface area contributed by atoms with Crippen LogP contribution in [0.1, 0.15) is 27.9 Å². The van der Waals surface area contributed by atoms with Crippen LogP contribution in [-0.2, 0) is 17.0 Å². The minimum Gasteiger partial charge on any atom is -0.474 e. The van der Waals surface area contributed by atoms with Gasteiger partial charge in [0, 0.05) is 23.3 Å². The molecular weight excluding hydrogens is 383 g/mol. The molecule has 0 radical (unpaired) electrons. The van der Waals surface area contributed by atoms with Gasteiger partial charge in [0.1, 0.15) is 18.1 Å². The van der Waals surface area contributed by atoms with Crippen molar-refractivity contribution in [1.82, 2.24) is 4.57 Å². The van der Waals surface area contributed by atoms with Crippen molar-refractivity contribution in [2.45, 2.75) is 32.2 Å². The van der Waals surface area contributed by atoms with E-state index < -0.39 is 0 Å². The molecule has 0 amide bonds. The van der Waals surface area contributed by atoms with Gasteiger partial charge in [0.25, 0.3) is 0 Å². The molecule has 1 aliphatic rings. The summed E-state index contributed by atoms with van der Waals surface area (Å²) in [5.74, 6) is 2.38. The summed E-state index contributed by atoms with van der Waals surface area (Å²) in [7, 11) is 0. The van der Waals surface area contributed by atoms with E-state index in [9.17, 15) is 4.39 Å². The molecule has 29 heavy (non-hydrogen) atoms. The molecule has 0 unspecified atom stereocenters. The van der Waals surface area contributed by atoms with Crippen LogP contribution >= 0.6 is 11.8 Å². The number of halogens is 1. The minimum atomic E-state index is -0.192. The molecular formula is C24H25FN2OS. The van der Waals surface area contributed by atoms with E-state index in [-0.39, 0.29) is 11.9 Å². The van der Waals surface area contributed by atoms with E-state index in [2.05, 4.69) is 32.0 Å². The summed E-state index contributed by atoms with van der Waals surface area (Å²) < 4.78 is 21.9. The van der Waals surface area contributed by atoms with Gasteiger partial charge in [0.2, 0.25) is 5.90 Å². The molecule has 0 saturated heterocycles. The van der Waals surface area contributed by atoms with Gasteiger partial charge in [-0.25, -0.2) is 9.38 Å². The summed E-state index contributed by atoms with van der Waals surface area (Å²) in [5, 5.41) is 0. The Morgan fingerprint density at radius 1 is 1.07 bits per heavy atom. The largest absolute Gasteiger partial charge is 0.474 e. The molecule has 1 aliphatic heterocycles. The lowest BCUT2D eigenvalue weighted by Gasteiger charge is -2.10. The third-order valence-corrected chi connectivity index (χ3v) is 6.37. The fraction of sp³-hybridized carbons (Fsp3) is 0.292. The van der Waals surface area contributed by atoms with Crippen molar-refractivity contribution in [2.24, 2.45) is 4.99 Å². The van der Waals surface area contributed by atoms with Gasteiger partial charge in [0.05, 0.1) is 12.6 Å². The van der Waals surface area contributed by atoms with Crippen LogP contribution in [0.2, 0.25) is 0 Å². The van der Waals surface area contributed by atoms with Crippen LogP contribution in [0, 0.1) is 19.7 Å². The molecule has 150 valence electrons. The molecule has 1 atom stereocenters. The molecule has 5 heteroatoms. The Morgan fingerprint density at radius 3 is 2.66 bits per heavy atom. The molecule has 0 aliphatic carbocycles. The highest BCUT2D eigenvalue weighted by Crippen LogP contribution is 2.23. The predicted octanol–water partition coefficient (Wildman–Crippen LogP) is 5.37. The maximum atomic E-state index is 14.0.